The van der Waals surface area contributed by atoms with Crippen LogP contribution in [0.3, 0.4) is 0 Å². The van der Waals surface area contributed by atoms with Gasteiger partial charge in [0, 0.05) is 17.8 Å². The molecular formula is C24H19N3O2. The molecule has 5 nitrogen and oxygen atoms in total. The SMILES string of the molecule is CN1c2c3c(cc(Cc4ccccc4)c2=C(C(=O)O)C1c1ccccc1)=NN=C3. The summed E-state index contributed by atoms with van der Waals surface area (Å²) >= 11 is 0. The van der Waals surface area contributed by atoms with E-state index in [2.05, 4.69) is 22.3 Å². The number of benzene rings is 3. The van der Waals surface area contributed by atoms with Crippen LogP contribution in [0.5, 0.6) is 0 Å². The van der Waals surface area contributed by atoms with Crippen LogP contribution in [-0.2, 0) is 11.2 Å². The molecule has 142 valence electrons. The van der Waals surface area contributed by atoms with Gasteiger partial charge in [-0.05, 0) is 29.2 Å². The predicted octanol–water partition coefficient (Wildman–Crippen LogP) is 2.67. The Morgan fingerprint density at radius 1 is 1.07 bits per heavy atom. The Labute approximate surface area is 168 Å². The topological polar surface area (TPSA) is 65.3 Å². The van der Waals surface area contributed by atoms with Gasteiger partial charge in [-0.3, -0.25) is 0 Å². The van der Waals surface area contributed by atoms with Crippen LogP contribution in [0, 0.1) is 0 Å². The normalized spacial score (nSPS) is 16.5. The molecule has 29 heavy (non-hydrogen) atoms. The van der Waals surface area contributed by atoms with Crippen molar-refractivity contribution >= 4 is 23.4 Å². The van der Waals surface area contributed by atoms with Crippen molar-refractivity contribution in [3.63, 3.8) is 0 Å². The summed E-state index contributed by atoms with van der Waals surface area (Å²) in [6, 6.07) is 21.5. The average Bonchev–Trinajstić information content (AvgIpc) is 3.31. The molecule has 3 aromatic rings. The minimum absolute atomic E-state index is 0.362. The molecule has 2 aliphatic heterocycles. The molecule has 0 aliphatic carbocycles. The van der Waals surface area contributed by atoms with Crippen LogP contribution < -0.4 is 15.5 Å². The summed E-state index contributed by atoms with van der Waals surface area (Å²) in [5.41, 5.74) is 5.23. The molecule has 2 aliphatic rings. The molecule has 5 heteroatoms. The van der Waals surface area contributed by atoms with Crippen LogP contribution in [0.4, 0.5) is 5.69 Å². The molecule has 0 saturated heterocycles. The van der Waals surface area contributed by atoms with Gasteiger partial charge in [0.25, 0.3) is 0 Å². The maximum Gasteiger partial charge on any atom is 0.334 e. The highest BCUT2D eigenvalue weighted by molar-refractivity contribution is 6.15. The van der Waals surface area contributed by atoms with E-state index in [4.69, 9.17) is 0 Å². The number of anilines is 1. The van der Waals surface area contributed by atoms with E-state index in [1.54, 1.807) is 6.21 Å². The molecule has 2 heterocycles. The minimum atomic E-state index is -0.898. The van der Waals surface area contributed by atoms with E-state index in [0.717, 1.165) is 38.5 Å². The van der Waals surface area contributed by atoms with Gasteiger partial charge in [0.2, 0.25) is 0 Å². The van der Waals surface area contributed by atoms with Crippen LogP contribution in [0.15, 0.2) is 76.9 Å². The molecule has 0 fully saturated rings. The molecule has 1 unspecified atom stereocenters. The summed E-state index contributed by atoms with van der Waals surface area (Å²) in [6.07, 6.45) is 2.36. The van der Waals surface area contributed by atoms with Gasteiger partial charge in [-0.1, -0.05) is 60.7 Å². The van der Waals surface area contributed by atoms with Crippen molar-refractivity contribution < 1.29 is 9.90 Å². The van der Waals surface area contributed by atoms with Crippen LogP contribution in [0.25, 0.3) is 5.57 Å². The second kappa shape index (κ2) is 6.71. The first kappa shape index (κ1) is 17.4. The predicted molar refractivity (Wildman–Crippen MR) is 113 cm³/mol. The summed E-state index contributed by atoms with van der Waals surface area (Å²) in [7, 11) is 1.95. The first-order valence-electron chi connectivity index (χ1n) is 9.51. The van der Waals surface area contributed by atoms with E-state index in [1.807, 2.05) is 66.5 Å². The number of hydrogen-bond donors (Lipinski definition) is 1. The molecule has 1 atom stereocenters. The fraction of sp³-hybridized carbons (Fsp3) is 0.125. The van der Waals surface area contributed by atoms with Crippen LogP contribution in [0.2, 0.25) is 0 Å². The largest absolute Gasteiger partial charge is 0.478 e. The van der Waals surface area contributed by atoms with E-state index >= 15 is 0 Å². The molecule has 1 N–H and O–H groups in total. The first-order valence-corrected chi connectivity index (χ1v) is 9.51. The number of hydrogen-bond acceptors (Lipinski definition) is 4. The fourth-order valence-electron chi connectivity index (χ4n) is 4.41. The van der Waals surface area contributed by atoms with Crippen molar-refractivity contribution in [2.45, 2.75) is 12.5 Å². The average molecular weight is 381 g/mol. The van der Waals surface area contributed by atoms with E-state index in [-0.39, 0.29) is 6.04 Å². The third-order valence-corrected chi connectivity index (χ3v) is 5.62. The zero-order valence-corrected chi connectivity index (χ0v) is 15.9. The highest BCUT2D eigenvalue weighted by atomic mass is 16.4. The molecule has 0 saturated carbocycles. The van der Waals surface area contributed by atoms with Gasteiger partial charge < -0.3 is 10.0 Å². The van der Waals surface area contributed by atoms with Crippen LogP contribution >= 0.6 is 0 Å². The first-order chi connectivity index (χ1) is 14.1. The standard InChI is InChI=1S/C24H19N3O2/c1-27-22(16-10-6-3-7-11-16)21(24(28)29)20-17(12-15-8-4-2-5-9-15)13-19-18(23(20)27)14-25-26-19/h2-11,13-14,22H,12H2,1H3,(H,28,29). The van der Waals surface area contributed by atoms with Crippen molar-refractivity contribution in [3.8, 4) is 0 Å². The van der Waals surface area contributed by atoms with Gasteiger partial charge in [-0.2, -0.15) is 10.2 Å². The summed E-state index contributed by atoms with van der Waals surface area (Å²) in [5.74, 6) is -0.898. The molecule has 0 bridgehead atoms. The minimum Gasteiger partial charge on any atom is -0.478 e. The maximum absolute atomic E-state index is 12.5. The van der Waals surface area contributed by atoms with Gasteiger partial charge in [-0.25, -0.2) is 4.79 Å². The zero-order chi connectivity index (χ0) is 20.0. The smallest absolute Gasteiger partial charge is 0.334 e. The Bertz CT molecular complexity index is 1260. The number of fused-ring (bicyclic) bond motifs is 3. The van der Waals surface area contributed by atoms with Gasteiger partial charge in [-0.15, -0.1) is 0 Å². The van der Waals surface area contributed by atoms with E-state index in [0.29, 0.717) is 12.0 Å². The Morgan fingerprint density at radius 2 is 1.76 bits per heavy atom. The van der Waals surface area contributed by atoms with Gasteiger partial charge in [0.1, 0.15) is 0 Å². The number of aliphatic carboxylic acids is 1. The lowest BCUT2D eigenvalue weighted by atomic mass is 9.95. The van der Waals surface area contributed by atoms with Gasteiger partial charge >= 0.3 is 5.97 Å². The van der Waals surface area contributed by atoms with Crippen LogP contribution in [-0.4, -0.2) is 24.3 Å². The molecular weight excluding hydrogens is 362 g/mol. The van der Waals surface area contributed by atoms with Gasteiger partial charge in [0.15, 0.2) is 0 Å². The third kappa shape index (κ3) is 2.74. The Hall–Kier alpha value is -3.73. The molecule has 0 spiro atoms. The van der Waals surface area contributed by atoms with Gasteiger partial charge in [0.05, 0.1) is 28.9 Å². The number of carboxylic acids is 1. The number of carbonyl (C=O) groups is 1. The number of rotatable bonds is 4. The monoisotopic (exact) mass is 381 g/mol. The summed E-state index contributed by atoms with van der Waals surface area (Å²) in [5, 5.41) is 20.2. The highest BCUT2D eigenvalue weighted by Gasteiger charge is 2.37. The number of nitrogens with zero attached hydrogens (tertiary/aromatic N) is 3. The number of carboxylic acid groups (broad SMARTS) is 1. The Balaban J connectivity index is 1.82. The summed E-state index contributed by atoms with van der Waals surface area (Å²) < 4.78 is 0. The lowest BCUT2D eigenvalue weighted by Crippen LogP contribution is -2.26. The maximum atomic E-state index is 12.5. The molecule has 3 aromatic carbocycles. The second-order valence-electron chi connectivity index (χ2n) is 7.34. The molecule has 0 aromatic heterocycles. The van der Waals surface area contributed by atoms with E-state index in [1.165, 1.54) is 0 Å². The quantitative estimate of drug-likeness (QED) is 0.756. The van der Waals surface area contributed by atoms with Crippen molar-refractivity contribution in [2.75, 3.05) is 11.9 Å². The van der Waals surface area contributed by atoms with Crippen molar-refractivity contribution in [1.82, 2.24) is 0 Å². The highest BCUT2D eigenvalue weighted by Crippen LogP contribution is 2.37. The third-order valence-electron chi connectivity index (χ3n) is 5.62. The van der Waals surface area contributed by atoms with Crippen molar-refractivity contribution in [1.29, 1.82) is 0 Å². The second-order valence-corrected chi connectivity index (χ2v) is 7.34. The fourth-order valence-corrected chi connectivity index (χ4v) is 4.41. The van der Waals surface area contributed by atoms with E-state index in [9.17, 15) is 9.90 Å². The van der Waals surface area contributed by atoms with Crippen molar-refractivity contribution in [2.24, 2.45) is 10.2 Å². The lowest BCUT2D eigenvalue weighted by Gasteiger charge is -2.26. The van der Waals surface area contributed by atoms with Crippen molar-refractivity contribution in [3.05, 3.63) is 99.6 Å². The lowest BCUT2D eigenvalue weighted by molar-refractivity contribution is -0.130. The molecule has 5 rings (SSSR count). The van der Waals surface area contributed by atoms with Crippen LogP contribution in [0.1, 0.15) is 28.3 Å². The Kier molecular flexibility index (Phi) is 4.02. The summed E-state index contributed by atoms with van der Waals surface area (Å²) in [6.45, 7) is 0. The van der Waals surface area contributed by atoms with E-state index < -0.39 is 5.97 Å². The molecule has 0 radical (unpaired) electrons. The zero-order valence-electron chi connectivity index (χ0n) is 15.9. The summed E-state index contributed by atoms with van der Waals surface area (Å²) in [4.78, 5) is 14.5. The Morgan fingerprint density at radius 3 is 2.45 bits per heavy atom. The molecule has 0 amide bonds.